The molecule has 1 amide bonds. The number of sulfonamides is 1. The molecule has 5 rings (SSSR count). The summed E-state index contributed by atoms with van der Waals surface area (Å²) in [5, 5.41) is 9.91. The highest BCUT2D eigenvalue weighted by molar-refractivity contribution is 7.93. The summed E-state index contributed by atoms with van der Waals surface area (Å²) in [5.74, 6) is -2.54. The summed E-state index contributed by atoms with van der Waals surface area (Å²) in [4.78, 5) is 27.5. The Bertz CT molecular complexity index is 1600. The molecule has 1 unspecified atom stereocenters. The van der Waals surface area contributed by atoms with E-state index < -0.39 is 63.7 Å². The van der Waals surface area contributed by atoms with Crippen molar-refractivity contribution in [1.29, 1.82) is 0 Å². The number of carbonyl (C=O) groups excluding carboxylic acids is 1. The molecule has 0 aromatic heterocycles. The molecule has 8 nitrogen and oxygen atoms in total. The molecule has 2 aliphatic rings. The molecule has 43 heavy (non-hydrogen) atoms. The standard InChI is InChI=1S/C31H31Cl2FN2O6S/c1-2-23(18-35(43(40,41)24-14-15-24)26-9-4-3-8-25(26)34)36-29(19-10-12-21(32)13-11-19)30(20-6-5-7-22(33)16-20)42-27(31(36)39)17-28(37)38/h3-13,16,23-24,27,29-30H,2,14-15,17-18H2,1H3,(H,37,38)/t23-,27?,29+,30+/m0/s1. The average Bonchev–Trinajstić information content (AvgIpc) is 3.82. The van der Waals surface area contributed by atoms with Gasteiger partial charge in [0.05, 0.1) is 36.0 Å². The van der Waals surface area contributed by atoms with Crippen molar-refractivity contribution in [2.45, 2.75) is 62.1 Å². The summed E-state index contributed by atoms with van der Waals surface area (Å²) in [5.41, 5.74) is 1.13. The van der Waals surface area contributed by atoms with Crippen molar-refractivity contribution in [3.8, 4) is 0 Å². The maximum absolute atomic E-state index is 15.1. The van der Waals surface area contributed by atoms with Crippen molar-refractivity contribution >= 4 is 50.8 Å². The number of rotatable bonds is 11. The lowest BCUT2D eigenvalue weighted by molar-refractivity contribution is -0.183. The van der Waals surface area contributed by atoms with Crippen molar-refractivity contribution in [2.24, 2.45) is 0 Å². The monoisotopic (exact) mass is 648 g/mol. The zero-order chi connectivity index (χ0) is 30.9. The van der Waals surface area contributed by atoms with E-state index in [0.29, 0.717) is 34.0 Å². The van der Waals surface area contributed by atoms with Crippen LogP contribution in [0, 0.1) is 5.82 Å². The van der Waals surface area contributed by atoms with Crippen LogP contribution in [0.4, 0.5) is 10.1 Å². The first-order valence-electron chi connectivity index (χ1n) is 14.0. The second-order valence-electron chi connectivity index (χ2n) is 10.7. The van der Waals surface area contributed by atoms with Gasteiger partial charge in [0.1, 0.15) is 18.0 Å². The molecule has 3 aromatic rings. The summed E-state index contributed by atoms with van der Waals surface area (Å²) in [7, 11) is -3.96. The third-order valence-corrected chi connectivity index (χ3v) is 10.6. The van der Waals surface area contributed by atoms with Gasteiger partial charge in [-0.1, -0.05) is 66.5 Å². The SMILES string of the molecule is CC[C@@H](CN(c1ccccc1F)S(=O)(=O)C1CC1)N1C(=O)C(CC(=O)O)O[C@H](c2cccc(Cl)c2)[C@H]1c1ccc(Cl)cc1. The molecule has 0 radical (unpaired) electrons. The number of para-hydroxylation sites is 1. The molecule has 4 atom stereocenters. The van der Waals surface area contributed by atoms with Gasteiger partial charge in [-0.2, -0.15) is 0 Å². The Kier molecular flexibility index (Phi) is 9.31. The van der Waals surface area contributed by atoms with Crippen LogP contribution in [-0.4, -0.2) is 54.2 Å². The number of carbonyl (C=O) groups is 2. The van der Waals surface area contributed by atoms with Gasteiger partial charge in [-0.25, -0.2) is 12.8 Å². The Hall–Kier alpha value is -3.18. The van der Waals surface area contributed by atoms with Gasteiger partial charge in [-0.05, 0) is 66.8 Å². The van der Waals surface area contributed by atoms with E-state index in [1.807, 2.05) is 0 Å². The minimum Gasteiger partial charge on any atom is -0.481 e. The zero-order valence-corrected chi connectivity index (χ0v) is 25.6. The summed E-state index contributed by atoms with van der Waals surface area (Å²) in [6, 6.07) is 17.7. The van der Waals surface area contributed by atoms with Gasteiger partial charge in [0.15, 0.2) is 0 Å². The number of anilines is 1. The highest BCUT2D eigenvalue weighted by atomic mass is 35.5. The number of nitrogens with zero attached hydrogens (tertiary/aromatic N) is 2. The van der Waals surface area contributed by atoms with E-state index >= 15 is 4.39 Å². The van der Waals surface area contributed by atoms with E-state index in [0.717, 1.165) is 4.31 Å². The quantitative estimate of drug-likeness (QED) is 0.258. The number of halogens is 3. The summed E-state index contributed by atoms with van der Waals surface area (Å²) in [6.45, 7) is 1.56. The Labute approximate surface area is 260 Å². The first kappa shape index (κ1) is 31.3. The fraction of sp³-hybridized carbons (Fsp3) is 0.355. The van der Waals surface area contributed by atoms with Crippen molar-refractivity contribution < 1.29 is 32.2 Å². The molecule has 0 bridgehead atoms. The third kappa shape index (κ3) is 6.67. The fourth-order valence-electron chi connectivity index (χ4n) is 5.54. The lowest BCUT2D eigenvalue weighted by Gasteiger charge is -2.48. The van der Waals surface area contributed by atoms with E-state index in [9.17, 15) is 23.1 Å². The number of amides is 1. The van der Waals surface area contributed by atoms with Crippen LogP contribution in [0.25, 0.3) is 0 Å². The van der Waals surface area contributed by atoms with Crippen LogP contribution in [0.5, 0.6) is 0 Å². The molecule has 1 saturated carbocycles. The largest absolute Gasteiger partial charge is 0.481 e. The van der Waals surface area contributed by atoms with Crippen LogP contribution in [-0.2, 0) is 24.3 Å². The molecule has 2 fully saturated rings. The van der Waals surface area contributed by atoms with Crippen LogP contribution in [0.15, 0.2) is 72.8 Å². The Morgan fingerprint density at radius 2 is 1.74 bits per heavy atom. The minimum atomic E-state index is -3.96. The van der Waals surface area contributed by atoms with Crippen molar-refractivity contribution in [1.82, 2.24) is 4.90 Å². The van der Waals surface area contributed by atoms with Crippen molar-refractivity contribution in [3.05, 3.63) is 99.8 Å². The number of aliphatic carboxylic acids is 1. The van der Waals surface area contributed by atoms with E-state index in [-0.39, 0.29) is 18.7 Å². The molecular formula is C31H31Cl2FN2O6S. The molecule has 1 N–H and O–H groups in total. The smallest absolute Gasteiger partial charge is 0.306 e. The van der Waals surface area contributed by atoms with Crippen LogP contribution in [0.2, 0.25) is 10.0 Å². The molecule has 1 aliphatic carbocycles. The number of morpholine rings is 1. The van der Waals surface area contributed by atoms with Crippen LogP contribution in [0.1, 0.15) is 55.9 Å². The summed E-state index contributed by atoms with van der Waals surface area (Å²) < 4.78 is 49.9. The van der Waals surface area contributed by atoms with Gasteiger partial charge >= 0.3 is 5.97 Å². The van der Waals surface area contributed by atoms with E-state index in [1.54, 1.807) is 61.5 Å². The van der Waals surface area contributed by atoms with Crippen LogP contribution >= 0.6 is 23.2 Å². The maximum Gasteiger partial charge on any atom is 0.306 e. The molecule has 12 heteroatoms. The molecule has 228 valence electrons. The van der Waals surface area contributed by atoms with Crippen molar-refractivity contribution in [2.75, 3.05) is 10.8 Å². The zero-order valence-electron chi connectivity index (χ0n) is 23.3. The second kappa shape index (κ2) is 12.8. The highest BCUT2D eigenvalue weighted by Crippen LogP contribution is 2.45. The Morgan fingerprint density at radius 3 is 2.35 bits per heavy atom. The number of hydrogen-bond acceptors (Lipinski definition) is 5. The van der Waals surface area contributed by atoms with Gasteiger partial charge in [0.25, 0.3) is 5.91 Å². The summed E-state index contributed by atoms with van der Waals surface area (Å²) >= 11 is 12.5. The van der Waals surface area contributed by atoms with Gasteiger partial charge in [-0.3, -0.25) is 13.9 Å². The van der Waals surface area contributed by atoms with Gasteiger partial charge < -0.3 is 14.7 Å². The first-order valence-corrected chi connectivity index (χ1v) is 16.2. The first-order chi connectivity index (χ1) is 20.5. The van der Waals surface area contributed by atoms with Gasteiger partial charge in [-0.15, -0.1) is 0 Å². The average molecular weight is 650 g/mol. The number of benzene rings is 3. The predicted molar refractivity (Wildman–Crippen MR) is 162 cm³/mol. The lowest BCUT2D eigenvalue weighted by atomic mass is 9.89. The van der Waals surface area contributed by atoms with E-state index in [1.165, 1.54) is 23.1 Å². The number of hydrogen-bond donors (Lipinski definition) is 1. The molecular weight excluding hydrogens is 618 g/mol. The van der Waals surface area contributed by atoms with E-state index in [4.69, 9.17) is 27.9 Å². The minimum absolute atomic E-state index is 0.106. The maximum atomic E-state index is 15.1. The molecule has 1 saturated heterocycles. The summed E-state index contributed by atoms with van der Waals surface area (Å²) in [6.07, 6.45) is -1.62. The fourth-order valence-corrected chi connectivity index (χ4v) is 7.76. The number of carboxylic acid groups (broad SMARTS) is 1. The number of ether oxygens (including phenoxy) is 1. The van der Waals surface area contributed by atoms with Crippen LogP contribution in [0.3, 0.4) is 0 Å². The normalized spacial score (nSPS) is 21.4. The topological polar surface area (TPSA) is 104 Å². The third-order valence-electron chi connectivity index (χ3n) is 7.79. The molecule has 3 aromatic carbocycles. The second-order valence-corrected chi connectivity index (χ2v) is 13.7. The number of carboxylic acids is 1. The van der Waals surface area contributed by atoms with Crippen molar-refractivity contribution in [3.63, 3.8) is 0 Å². The predicted octanol–water partition coefficient (Wildman–Crippen LogP) is 6.39. The van der Waals surface area contributed by atoms with Gasteiger partial charge in [0.2, 0.25) is 10.0 Å². The lowest BCUT2D eigenvalue weighted by Crippen LogP contribution is -2.58. The Balaban J connectivity index is 1.66. The molecule has 1 heterocycles. The molecule has 0 spiro atoms. The Morgan fingerprint density at radius 1 is 1.05 bits per heavy atom. The molecule has 1 aliphatic heterocycles. The van der Waals surface area contributed by atoms with Gasteiger partial charge in [0, 0.05) is 10.0 Å². The highest BCUT2D eigenvalue weighted by Gasteiger charge is 2.49. The van der Waals surface area contributed by atoms with Crippen LogP contribution < -0.4 is 4.31 Å². The van der Waals surface area contributed by atoms with E-state index in [2.05, 4.69) is 0 Å².